The van der Waals surface area contributed by atoms with E-state index in [0.29, 0.717) is 23.2 Å². The van der Waals surface area contributed by atoms with Crippen LogP contribution in [0.4, 0.5) is 19.0 Å². The van der Waals surface area contributed by atoms with Gasteiger partial charge in [0.2, 0.25) is 0 Å². The molecular formula is C18H20F3N5. The lowest BCUT2D eigenvalue weighted by Crippen LogP contribution is -2.25. The number of halogens is 3. The van der Waals surface area contributed by atoms with Crippen LogP contribution in [-0.2, 0) is 6.18 Å². The smallest absolute Gasteiger partial charge is 0.366 e. The number of alkyl halides is 3. The van der Waals surface area contributed by atoms with Crippen LogP contribution in [0.1, 0.15) is 25.3 Å². The maximum atomic E-state index is 13.1. The molecule has 0 aromatic carbocycles. The minimum atomic E-state index is -4.46. The van der Waals surface area contributed by atoms with Crippen LogP contribution < -0.4 is 10.6 Å². The van der Waals surface area contributed by atoms with Crippen LogP contribution in [0.2, 0.25) is 0 Å². The fourth-order valence-corrected chi connectivity index (χ4v) is 4.24. The van der Waals surface area contributed by atoms with Gasteiger partial charge in [0.1, 0.15) is 5.82 Å². The molecule has 2 fully saturated rings. The van der Waals surface area contributed by atoms with Crippen molar-refractivity contribution < 1.29 is 13.2 Å². The molecule has 1 saturated heterocycles. The Bertz CT molecular complexity index is 792. The highest BCUT2D eigenvalue weighted by molar-refractivity contribution is 5.63. The zero-order valence-corrected chi connectivity index (χ0v) is 14.3. The van der Waals surface area contributed by atoms with Gasteiger partial charge in [-0.15, -0.1) is 10.2 Å². The van der Waals surface area contributed by atoms with Gasteiger partial charge in [-0.2, -0.15) is 13.2 Å². The third-order valence-corrected chi connectivity index (χ3v) is 5.61. The SMILES string of the molecule is C[C@@]12CNCC1C[C@@H](Nc1ccc(-c3cnccc3C(F)(F)F)nn1)C2. The van der Waals surface area contributed by atoms with Crippen LogP contribution in [0, 0.1) is 11.3 Å². The quantitative estimate of drug-likeness (QED) is 0.876. The standard InChI is InChI=1S/C18H20F3N5/c1-17-7-12(6-11(17)8-23-10-17)24-16-3-2-15(25-26-16)13-9-22-5-4-14(13)18(19,20)21/h2-5,9,11-12,23H,6-8,10H2,1H3,(H,24,26)/t11?,12-,17-/m1/s1. The highest BCUT2D eigenvalue weighted by atomic mass is 19.4. The van der Waals surface area contributed by atoms with Crippen molar-refractivity contribution in [2.45, 2.75) is 32.0 Å². The molecule has 1 saturated carbocycles. The van der Waals surface area contributed by atoms with E-state index in [2.05, 4.69) is 32.7 Å². The van der Waals surface area contributed by atoms with E-state index in [1.165, 1.54) is 6.20 Å². The van der Waals surface area contributed by atoms with Gasteiger partial charge in [0.15, 0.2) is 0 Å². The van der Waals surface area contributed by atoms with Crippen LogP contribution in [0.15, 0.2) is 30.6 Å². The Morgan fingerprint density at radius 2 is 2.08 bits per heavy atom. The number of hydrogen-bond donors (Lipinski definition) is 2. The number of hydrogen-bond acceptors (Lipinski definition) is 5. The first-order valence-electron chi connectivity index (χ1n) is 8.68. The maximum Gasteiger partial charge on any atom is 0.417 e. The molecule has 138 valence electrons. The average Bonchev–Trinajstić information content (AvgIpc) is 3.09. The Hall–Kier alpha value is -2.22. The predicted molar refractivity (Wildman–Crippen MR) is 91.4 cm³/mol. The summed E-state index contributed by atoms with van der Waals surface area (Å²) in [6.45, 7) is 4.37. The van der Waals surface area contributed by atoms with E-state index in [1.807, 2.05) is 0 Å². The molecule has 1 aliphatic heterocycles. The summed E-state index contributed by atoms with van der Waals surface area (Å²) in [5.41, 5.74) is -0.350. The number of nitrogens with zero attached hydrogens (tertiary/aromatic N) is 3. The lowest BCUT2D eigenvalue weighted by molar-refractivity contribution is -0.137. The number of anilines is 1. The number of nitrogens with one attached hydrogen (secondary N) is 2. The van der Waals surface area contributed by atoms with E-state index in [1.54, 1.807) is 12.1 Å². The molecule has 26 heavy (non-hydrogen) atoms. The van der Waals surface area contributed by atoms with Crippen molar-refractivity contribution in [2.24, 2.45) is 11.3 Å². The second-order valence-corrected chi connectivity index (χ2v) is 7.49. The molecule has 0 radical (unpaired) electrons. The first-order valence-corrected chi connectivity index (χ1v) is 8.68. The normalized spacial score (nSPS) is 28.2. The van der Waals surface area contributed by atoms with Crippen molar-refractivity contribution in [2.75, 3.05) is 18.4 Å². The molecule has 1 aliphatic carbocycles. The molecule has 3 atom stereocenters. The Kier molecular flexibility index (Phi) is 4.10. The lowest BCUT2D eigenvalue weighted by Gasteiger charge is -2.22. The third kappa shape index (κ3) is 3.13. The Balaban J connectivity index is 1.50. The zero-order chi connectivity index (χ0) is 18.4. The van der Waals surface area contributed by atoms with E-state index in [4.69, 9.17) is 0 Å². The molecule has 0 bridgehead atoms. The van der Waals surface area contributed by atoms with Gasteiger partial charge < -0.3 is 10.6 Å². The molecule has 2 N–H and O–H groups in total. The highest BCUT2D eigenvalue weighted by Crippen LogP contribution is 2.46. The number of aromatic nitrogens is 3. The predicted octanol–water partition coefficient (Wildman–Crippen LogP) is 3.36. The average molecular weight is 363 g/mol. The molecule has 8 heteroatoms. The van der Waals surface area contributed by atoms with Crippen molar-refractivity contribution in [1.82, 2.24) is 20.5 Å². The second-order valence-electron chi connectivity index (χ2n) is 7.49. The topological polar surface area (TPSA) is 62.7 Å². The van der Waals surface area contributed by atoms with Crippen molar-refractivity contribution in [3.63, 3.8) is 0 Å². The number of pyridine rings is 1. The molecule has 3 heterocycles. The van der Waals surface area contributed by atoms with Crippen LogP contribution in [0.5, 0.6) is 0 Å². The summed E-state index contributed by atoms with van der Waals surface area (Å²) in [5.74, 6) is 1.24. The number of fused-ring (bicyclic) bond motifs is 1. The largest absolute Gasteiger partial charge is 0.417 e. The van der Waals surface area contributed by atoms with Gasteiger partial charge in [-0.3, -0.25) is 4.98 Å². The molecule has 4 rings (SSSR count). The molecule has 0 amide bonds. The lowest BCUT2D eigenvalue weighted by atomic mass is 9.83. The first-order chi connectivity index (χ1) is 12.4. The molecule has 2 aliphatic rings. The van der Waals surface area contributed by atoms with Crippen LogP contribution >= 0.6 is 0 Å². The molecular weight excluding hydrogens is 343 g/mol. The highest BCUT2D eigenvalue weighted by Gasteiger charge is 2.46. The second kappa shape index (κ2) is 6.19. The minimum absolute atomic E-state index is 0.0620. The third-order valence-electron chi connectivity index (χ3n) is 5.61. The van der Waals surface area contributed by atoms with Gasteiger partial charge in [-0.05, 0) is 48.9 Å². The van der Waals surface area contributed by atoms with Crippen LogP contribution in [-0.4, -0.2) is 34.3 Å². The summed E-state index contributed by atoms with van der Waals surface area (Å²) in [4.78, 5) is 3.79. The molecule has 2 aromatic heterocycles. The zero-order valence-electron chi connectivity index (χ0n) is 14.3. The molecule has 1 unspecified atom stereocenters. The van der Waals surface area contributed by atoms with Crippen molar-refractivity contribution in [3.8, 4) is 11.3 Å². The minimum Gasteiger partial charge on any atom is -0.366 e. The van der Waals surface area contributed by atoms with Gasteiger partial charge >= 0.3 is 6.18 Å². The Labute approximate surface area is 149 Å². The van der Waals surface area contributed by atoms with Crippen molar-refractivity contribution >= 4 is 5.82 Å². The van der Waals surface area contributed by atoms with Crippen molar-refractivity contribution in [3.05, 3.63) is 36.2 Å². The summed E-state index contributed by atoms with van der Waals surface area (Å²) in [5, 5.41) is 14.9. The fourth-order valence-electron chi connectivity index (χ4n) is 4.24. The van der Waals surface area contributed by atoms with Crippen molar-refractivity contribution in [1.29, 1.82) is 0 Å². The maximum absolute atomic E-state index is 13.1. The molecule has 2 aromatic rings. The van der Waals surface area contributed by atoms with E-state index in [-0.39, 0.29) is 11.3 Å². The summed E-state index contributed by atoms with van der Waals surface area (Å²) in [7, 11) is 0. The Morgan fingerprint density at radius 1 is 1.23 bits per heavy atom. The number of rotatable bonds is 3. The van der Waals surface area contributed by atoms with Gasteiger partial charge in [0.25, 0.3) is 0 Å². The summed E-state index contributed by atoms with van der Waals surface area (Å²) >= 11 is 0. The van der Waals surface area contributed by atoms with E-state index >= 15 is 0 Å². The monoisotopic (exact) mass is 363 g/mol. The van der Waals surface area contributed by atoms with Crippen LogP contribution in [0.25, 0.3) is 11.3 Å². The molecule has 5 nitrogen and oxygen atoms in total. The van der Waals surface area contributed by atoms with Crippen LogP contribution in [0.3, 0.4) is 0 Å². The molecule has 0 spiro atoms. The fraction of sp³-hybridized carbons (Fsp3) is 0.500. The van der Waals surface area contributed by atoms with Gasteiger partial charge in [0, 0.05) is 30.5 Å². The summed E-state index contributed by atoms with van der Waals surface area (Å²) in [6, 6.07) is 4.51. The summed E-state index contributed by atoms with van der Waals surface area (Å²) < 4.78 is 39.4. The van der Waals surface area contributed by atoms with E-state index in [9.17, 15) is 13.2 Å². The van der Waals surface area contributed by atoms with Gasteiger partial charge in [-0.25, -0.2) is 0 Å². The van der Waals surface area contributed by atoms with Gasteiger partial charge in [-0.1, -0.05) is 6.92 Å². The van der Waals surface area contributed by atoms with E-state index < -0.39 is 11.7 Å². The van der Waals surface area contributed by atoms with Gasteiger partial charge in [0.05, 0.1) is 11.3 Å². The first kappa shape index (κ1) is 17.2. The van der Waals surface area contributed by atoms with E-state index in [0.717, 1.165) is 38.2 Å². The Morgan fingerprint density at radius 3 is 2.77 bits per heavy atom. The summed E-state index contributed by atoms with van der Waals surface area (Å²) in [6.07, 6.45) is -0.0430.